The number of aryl methyl sites for hydroxylation is 1. The zero-order valence-electron chi connectivity index (χ0n) is 13.6. The summed E-state index contributed by atoms with van der Waals surface area (Å²) < 4.78 is 7.15. The Kier molecular flexibility index (Phi) is 4.18. The lowest BCUT2D eigenvalue weighted by Crippen LogP contribution is -2.22. The normalized spacial score (nSPS) is 20.6. The minimum absolute atomic E-state index is 0.152. The van der Waals surface area contributed by atoms with Crippen molar-refractivity contribution in [3.8, 4) is 5.69 Å². The van der Waals surface area contributed by atoms with E-state index in [1.54, 1.807) is 0 Å². The van der Waals surface area contributed by atoms with E-state index in [1.165, 1.54) is 30.2 Å². The van der Waals surface area contributed by atoms with Crippen LogP contribution in [0.1, 0.15) is 24.8 Å². The molecule has 2 fully saturated rings. The Morgan fingerprint density at radius 3 is 2.58 bits per heavy atom. The molecule has 0 bridgehead atoms. The van der Waals surface area contributed by atoms with Crippen molar-refractivity contribution in [1.29, 1.82) is 0 Å². The average Bonchev–Trinajstić information content (AvgIpc) is 3.30. The van der Waals surface area contributed by atoms with E-state index in [2.05, 4.69) is 50.9 Å². The first-order valence-electron chi connectivity index (χ1n) is 8.33. The number of nitrogens with zero attached hydrogens (tertiary/aromatic N) is 4. The van der Waals surface area contributed by atoms with Crippen molar-refractivity contribution in [3.05, 3.63) is 29.8 Å². The number of hydrogen-bond donors (Lipinski definition) is 0. The average molecular weight is 344 g/mol. The first-order chi connectivity index (χ1) is 11.7. The van der Waals surface area contributed by atoms with Gasteiger partial charge in [0.1, 0.15) is 5.25 Å². The van der Waals surface area contributed by atoms with Crippen LogP contribution in [0.2, 0.25) is 0 Å². The Balaban J connectivity index is 1.72. The summed E-state index contributed by atoms with van der Waals surface area (Å²) in [5.74, 6) is 0.714. The SMILES string of the molecule is Cc1ccc(-n2c(S[C@@H]3CCOC3=O)nnc2N2CCCC2)cc1. The van der Waals surface area contributed by atoms with Crippen molar-refractivity contribution < 1.29 is 9.53 Å². The van der Waals surface area contributed by atoms with Crippen LogP contribution < -0.4 is 4.90 Å². The molecule has 1 aromatic heterocycles. The van der Waals surface area contributed by atoms with Gasteiger partial charge < -0.3 is 9.64 Å². The molecular formula is C17H20N4O2S. The van der Waals surface area contributed by atoms with E-state index in [4.69, 9.17) is 4.74 Å². The zero-order valence-corrected chi connectivity index (χ0v) is 14.5. The van der Waals surface area contributed by atoms with Crippen LogP contribution in [0.4, 0.5) is 5.95 Å². The van der Waals surface area contributed by atoms with Gasteiger partial charge in [-0.1, -0.05) is 29.5 Å². The van der Waals surface area contributed by atoms with Crippen molar-refractivity contribution in [3.63, 3.8) is 0 Å². The van der Waals surface area contributed by atoms with E-state index in [-0.39, 0.29) is 11.2 Å². The Labute approximate surface area is 145 Å². The molecule has 0 amide bonds. The van der Waals surface area contributed by atoms with Crippen molar-refractivity contribution in [2.24, 2.45) is 0 Å². The number of aromatic nitrogens is 3. The smallest absolute Gasteiger partial charge is 0.319 e. The number of rotatable bonds is 4. The highest BCUT2D eigenvalue weighted by Gasteiger charge is 2.31. The first-order valence-corrected chi connectivity index (χ1v) is 9.21. The zero-order chi connectivity index (χ0) is 16.5. The van der Waals surface area contributed by atoms with Gasteiger partial charge in [-0.3, -0.25) is 9.36 Å². The quantitative estimate of drug-likeness (QED) is 0.795. The number of esters is 1. The van der Waals surface area contributed by atoms with Crippen LogP contribution in [0.3, 0.4) is 0 Å². The summed E-state index contributed by atoms with van der Waals surface area (Å²) in [5, 5.41) is 9.38. The first kappa shape index (κ1) is 15.5. The van der Waals surface area contributed by atoms with Gasteiger partial charge in [-0.15, -0.1) is 10.2 Å². The van der Waals surface area contributed by atoms with E-state index in [0.717, 1.165) is 36.3 Å². The number of thioether (sulfide) groups is 1. The van der Waals surface area contributed by atoms with E-state index < -0.39 is 0 Å². The molecule has 0 N–H and O–H groups in total. The van der Waals surface area contributed by atoms with Crippen molar-refractivity contribution in [2.45, 2.75) is 36.6 Å². The second-order valence-electron chi connectivity index (χ2n) is 6.21. The van der Waals surface area contributed by atoms with Gasteiger partial charge in [0.25, 0.3) is 0 Å². The van der Waals surface area contributed by atoms with Gasteiger partial charge in [0.2, 0.25) is 5.95 Å². The summed E-state index contributed by atoms with van der Waals surface area (Å²) in [5.41, 5.74) is 2.24. The molecule has 2 aliphatic heterocycles. The minimum atomic E-state index is -0.190. The van der Waals surface area contributed by atoms with Crippen LogP contribution in [0.5, 0.6) is 0 Å². The van der Waals surface area contributed by atoms with Gasteiger partial charge in [-0.05, 0) is 31.9 Å². The molecule has 2 aliphatic rings. The second-order valence-corrected chi connectivity index (χ2v) is 7.38. The molecule has 6 nitrogen and oxygen atoms in total. The molecule has 1 aromatic carbocycles. The lowest BCUT2D eigenvalue weighted by molar-refractivity contribution is -0.137. The van der Waals surface area contributed by atoms with Crippen LogP contribution >= 0.6 is 11.8 Å². The molecule has 2 aromatic rings. The molecule has 0 aliphatic carbocycles. The number of hydrogen-bond acceptors (Lipinski definition) is 6. The standard InChI is InChI=1S/C17H20N4O2S/c1-12-4-6-13(7-5-12)21-16(20-9-2-3-10-20)18-19-17(21)24-14-8-11-23-15(14)22/h4-7,14H,2-3,8-11H2,1H3/t14-/m1/s1. The number of carbonyl (C=O) groups is 1. The molecule has 0 saturated carbocycles. The fourth-order valence-corrected chi connectivity index (χ4v) is 4.11. The molecule has 0 radical (unpaired) electrons. The van der Waals surface area contributed by atoms with Crippen LogP contribution in [-0.2, 0) is 9.53 Å². The summed E-state index contributed by atoms with van der Waals surface area (Å²) >= 11 is 1.45. The highest BCUT2D eigenvalue weighted by Crippen LogP contribution is 2.33. The summed E-state index contributed by atoms with van der Waals surface area (Å²) in [6.45, 7) is 4.57. The second kappa shape index (κ2) is 6.47. The molecule has 4 rings (SSSR count). The molecule has 3 heterocycles. The lowest BCUT2D eigenvalue weighted by atomic mass is 10.2. The van der Waals surface area contributed by atoms with Crippen molar-refractivity contribution in [1.82, 2.24) is 14.8 Å². The maximum atomic E-state index is 11.8. The molecule has 1 atom stereocenters. The van der Waals surface area contributed by atoms with Crippen molar-refractivity contribution >= 4 is 23.7 Å². The van der Waals surface area contributed by atoms with Crippen LogP contribution in [0.25, 0.3) is 5.69 Å². The molecular weight excluding hydrogens is 324 g/mol. The van der Waals surface area contributed by atoms with Crippen LogP contribution in [0, 0.1) is 6.92 Å². The van der Waals surface area contributed by atoms with E-state index in [9.17, 15) is 4.79 Å². The summed E-state index contributed by atoms with van der Waals surface area (Å²) in [4.78, 5) is 14.1. The third kappa shape index (κ3) is 2.88. The number of ether oxygens (including phenoxy) is 1. The van der Waals surface area contributed by atoms with Gasteiger partial charge in [0, 0.05) is 19.5 Å². The molecule has 24 heavy (non-hydrogen) atoms. The van der Waals surface area contributed by atoms with E-state index >= 15 is 0 Å². The molecule has 7 heteroatoms. The number of cyclic esters (lactones) is 1. The highest BCUT2D eigenvalue weighted by molar-refractivity contribution is 8.00. The predicted octanol–water partition coefficient (Wildman–Crippen LogP) is 2.58. The van der Waals surface area contributed by atoms with Gasteiger partial charge in [-0.2, -0.15) is 0 Å². The van der Waals surface area contributed by atoms with Gasteiger partial charge >= 0.3 is 5.97 Å². The van der Waals surface area contributed by atoms with E-state index in [0.29, 0.717) is 6.61 Å². The summed E-state index contributed by atoms with van der Waals surface area (Å²) in [6, 6.07) is 8.33. The third-order valence-electron chi connectivity index (χ3n) is 4.43. The summed E-state index contributed by atoms with van der Waals surface area (Å²) in [6.07, 6.45) is 3.08. The number of carbonyl (C=O) groups excluding carboxylic acids is 1. The molecule has 0 unspecified atom stereocenters. The predicted molar refractivity (Wildman–Crippen MR) is 92.8 cm³/mol. The fraction of sp³-hybridized carbons (Fsp3) is 0.471. The maximum Gasteiger partial charge on any atom is 0.319 e. The van der Waals surface area contributed by atoms with Gasteiger partial charge in [0.05, 0.1) is 12.3 Å². The topological polar surface area (TPSA) is 60.3 Å². The number of benzene rings is 1. The van der Waals surface area contributed by atoms with Crippen molar-refractivity contribution in [2.75, 3.05) is 24.6 Å². The number of anilines is 1. The molecule has 0 spiro atoms. The molecule has 2 saturated heterocycles. The van der Waals surface area contributed by atoms with E-state index in [1.807, 2.05) is 0 Å². The largest absolute Gasteiger partial charge is 0.465 e. The lowest BCUT2D eigenvalue weighted by Gasteiger charge is -2.18. The Bertz CT molecular complexity index is 738. The minimum Gasteiger partial charge on any atom is -0.465 e. The Hall–Kier alpha value is -2.02. The Morgan fingerprint density at radius 2 is 1.92 bits per heavy atom. The van der Waals surface area contributed by atoms with Crippen LogP contribution in [-0.4, -0.2) is 45.7 Å². The van der Waals surface area contributed by atoms with Gasteiger partial charge in [0.15, 0.2) is 5.16 Å². The van der Waals surface area contributed by atoms with Crippen LogP contribution in [0.15, 0.2) is 29.4 Å². The third-order valence-corrected chi connectivity index (χ3v) is 5.62. The molecule has 126 valence electrons. The van der Waals surface area contributed by atoms with Gasteiger partial charge in [-0.25, -0.2) is 0 Å². The Morgan fingerprint density at radius 1 is 1.17 bits per heavy atom. The maximum absolute atomic E-state index is 11.8. The monoisotopic (exact) mass is 344 g/mol. The summed E-state index contributed by atoms with van der Waals surface area (Å²) in [7, 11) is 0. The fourth-order valence-electron chi connectivity index (χ4n) is 3.09. The highest BCUT2D eigenvalue weighted by atomic mass is 32.2.